The van der Waals surface area contributed by atoms with E-state index >= 15 is 0 Å². The average Bonchev–Trinajstić information content (AvgIpc) is 2.66. The molecular weight excluding hydrogens is 389 g/mol. The zero-order valence-corrected chi connectivity index (χ0v) is 16.3. The van der Waals surface area contributed by atoms with Gasteiger partial charge >= 0.3 is 5.97 Å². The molecule has 0 amide bonds. The summed E-state index contributed by atoms with van der Waals surface area (Å²) < 4.78 is 18.4. The molecule has 1 aromatic carbocycles. The number of aromatic nitrogens is 1. The van der Waals surface area contributed by atoms with Gasteiger partial charge in [0.15, 0.2) is 5.17 Å². The summed E-state index contributed by atoms with van der Waals surface area (Å²) in [4.78, 5) is 25.7. The summed E-state index contributed by atoms with van der Waals surface area (Å²) in [5.41, 5.74) is 2.02. The molecular formula is C19H17ClFN3O2S. The summed E-state index contributed by atoms with van der Waals surface area (Å²) in [6.45, 7) is 1.75. The molecule has 2 unspecified atom stereocenters. The number of hydrogen-bond acceptors (Lipinski definition) is 6. The average molecular weight is 406 g/mol. The summed E-state index contributed by atoms with van der Waals surface area (Å²) in [7, 11) is 1.31. The van der Waals surface area contributed by atoms with Crippen LogP contribution in [-0.4, -0.2) is 28.9 Å². The van der Waals surface area contributed by atoms with E-state index in [1.54, 1.807) is 19.2 Å². The Morgan fingerprint density at radius 1 is 1.33 bits per heavy atom. The first-order valence-corrected chi connectivity index (χ1v) is 9.54. The van der Waals surface area contributed by atoms with E-state index in [4.69, 9.17) is 16.3 Å². The fourth-order valence-electron chi connectivity index (χ4n) is 2.78. The molecule has 0 aliphatic carbocycles. The third kappa shape index (κ3) is 4.54. The third-order valence-electron chi connectivity index (χ3n) is 4.10. The molecule has 8 heteroatoms. The molecule has 0 saturated heterocycles. The first kappa shape index (κ1) is 19.5. The molecule has 0 N–H and O–H groups in total. The van der Waals surface area contributed by atoms with Gasteiger partial charge in [0.2, 0.25) is 0 Å². The van der Waals surface area contributed by atoms with Crippen molar-refractivity contribution in [3.05, 3.63) is 64.7 Å². The SMILES string of the molecule is COC(=O)C1C(C)=NC(SCc2ccccn2)=NC1c1ccc(F)cc1Cl. The summed E-state index contributed by atoms with van der Waals surface area (Å²) in [6, 6.07) is 9.10. The number of amidine groups is 1. The van der Waals surface area contributed by atoms with Crippen molar-refractivity contribution >= 4 is 40.2 Å². The van der Waals surface area contributed by atoms with Gasteiger partial charge in [-0.3, -0.25) is 14.8 Å². The Balaban J connectivity index is 1.93. The van der Waals surface area contributed by atoms with Crippen LogP contribution in [0.25, 0.3) is 0 Å². The molecule has 1 aliphatic heterocycles. The molecule has 27 heavy (non-hydrogen) atoms. The van der Waals surface area contributed by atoms with Crippen molar-refractivity contribution in [3.8, 4) is 0 Å². The highest BCUT2D eigenvalue weighted by Gasteiger charge is 2.37. The van der Waals surface area contributed by atoms with Crippen molar-refractivity contribution < 1.29 is 13.9 Å². The van der Waals surface area contributed by atoms with Gasteiger partial charge in [-0.25, -0.2) is 9.38 Å². The first-order valence-electron chi connectivity index (χ1n) is 8.18. The molecule has 3 rings (SSSR count). The van der Waals surface area contributed by atoms with Crippen molar-refractivity contribution in [1.82, 2.24) is 4.98 Å². The highest BCUT2D eigenvalue weighted by molar-refractivity contribution is 8.13. The fourth-order valence-corrected chi connectivity index (χ4v) is 3.90. The van der Waals surface area contributed by atoms with Crippen molar-refractivity contribution in [2.75, 3.05) is 7.11 Å². The number of benzene rings is 1. The quantitative estimate of drug-likeness (QED) is 0.704. The van der Waals surface area contributed by atoms with E-state index in [0.717, 1.165) is 5.69 Å². The molecule has 1 aromatic heterocycles. The number of aliphatic imine (C=N–C) groups is 2. The lowest BCUT2D eigenvalue weighted by atomic mass is 9.89. The molecule has 0 saturated carbocycles. The van der Waals surface area contributed by atoms with Crippen LogP contribution in [-0.2, 0) is 15.3 Å². The second-order valence-electron chi connectivity index (χ2n) is 5.89. The number of carbonyl (C=O) groups is 1. The normalized spacial score (nSPS) is 19.3. The minimum atomic E-state index is -0.711. The minimum absolute atomic E-state index is 0.210. The second-order valence-corrected chi connectivity index (χ2v) is 7.24. The Hall–Kier alpha value is -2.25. The summed E-state index contributed by atoms with van der Waals surface area (Å²) in [6.07, 6.45) is 1.72. The Kier molecular flexibility index (Phi) is 6.23. The summed E-state index contributed by atoms with van der Waals surface area (Å²) >= 11 is 7.64. The number of methoxy groups -OCH3 is 1. The number of nitrogens with zero attached hydrogens (tertiary/aromatic N) is 3. The van der Waals surface area contributed by atoms with E-state index in [1.165, 1.54) is 31.0 Å². The fraction of sp³-hybridized carbons (Fsp3) is 0.263. The van der Waals surface area contributed by atoms with Crippen molar-refractivity contribution in [3.63, 3.8) is 0 Å². The molecule has 0 radical (unpaired) electrons. The molecule has 140 valence electrons. The number of pyridine rings is 1. The lowest BCUT2D eigenvalue weighted by molar-refractivity contribution is -0.143. The van der Waals surface area contributed by atoms with E-state index in [1.807, 2.05) is 18.2 Å². The van der Waals surface area contributed by atoms with Gasteiger partial charge in [0.1, 0.15) is 11.7 Å². The molecule has 2 heterocycles. The molecule has 5 nitrogen and oxygen atoms in total. The molecule has 0 fully saturated rings. The van der Waals surface area contributed by atoms with Gasteiger partial charge in [-0.05, 0) is 36.8 Å². The smallest absolute Gasteiger partial charge is 0.316 e. The van der Waals surface area contributed by atoms with Crippen molar-refractivity contribution in [2.24, 2.45) is 15.9 Å². The van der Waals surface area contributed by atoms with Crippen LogP contribution in [0.15, 0.2) is 52.6 Å². The molecule has 2 aromatic rings. The van der Waals surface area contributed by atoms with Gasteiger partial charge in [-0.1, -0.05) is 35.5 Å². The topological polar surface area (TPSA) is 63.9 Å². The molecule has 1 aliphatic rings. The van der Waals surface area contributed by atoms with Crippen LogP contribution >= 0.6 is 23.4 Å². The van der Waals surface area contributed by atoms with E-state index in [-0.39, 0.29) is 5.02 Å². The monoisotopic (exact) mass is 405 g/mol. The van der Waals surface area contributed by atoms with Crippen LogP contribution < -0.4 is 0 Å². The number of esters is 1. The maximum atomic E-state index is 13.5. The first-order chi connectivity index (χ1) is 13.0. The van der Waals surface area contributed by atoms with Crippen LogP contribution in [0.4, 0.5) is 4.39 Å². The second kappa shape index (κ2) is 8.63. The van der Waals surface area contributed by atoms with Gasteiger partial charge in [0.05, 0.1) is 18.8 Å². The van der Waals surface area contributed by atoms with Crippen LogP contribution in [0.1, 0.15) is 24.2 Å². The highest BCUT2D eigenvalue weighted by atomic mass is 35.5. The van der Waals surface area contributed by atoms with E-state index in [2.05, 4.69) is 15.0 Å². The minimum Gasteiger partial charge on any atom is -0.468 e. The van der Waals surface area contributed by atoms with Crippen molar-refractivity contribution in [1.29, 1.82) is 0 Å². The van der Waals surface area contributed by atoms with Crippen LogP contribution in [0.3, 0.4) is 0 Å². The number of ether oxygens (including phenoxy) is 1. The standard InChI is InChI=1S/C19H17ClFN3O2S/c1-11-16(18(25)26-2)17(14-7-6-12(21)9-15(14)20)24-19(23-11)27-10-13-5-3-4-8-22-13/h3-9,16-17H,10H2,1-2H3. The Morgan fingerprint density at radius 2 is 2.15 bits per heavy atom. The summed E-state index contributed by atoms with van der Waals surface area (Å²) in [5, 5.41) is 0.727. The molecule has 0 spiro atoms. The number of rotatable bonds is 4. The predicted octanol–water partition coefficient (Wildman–Crippen LogP) is 4.47. The van der Waals surface area contributed by atoms with E-state index in [0.29, 0.717) is 22.2 Å². The molecule has 2 atom stereocenters. The Bertz CT molecular complexity index is 905. The number of halogens is 2. The summed E-state index contributed by atoms with van der Waals surface area (Å²) in [5.74, 6) is -1.03. The van der Waals surface area contributed by atoms with E-state index < -0.39 is 23.7 Å². The Labute approximate surface area is 165 Å². The highest BCUT2D eigenvalue weighted by Crippen LogP contribution is 2.37. The van der Waals surface area contributed by atoms with Crippen LogP contribution in [0.5, 0.6) is 0 Å². The zero-order valence-electron chi connectivity index (χ0n) is 14.7. The van der Waals surface area contributed by atoms with Gasteiger partial charge in [0, 0.05) is 22.7 Å². The van der Waals surface area contributed by atoms with E-state index in [9.17, 15) is 9.18 Å². The maximum absolute atomic E-state index is 13.5. The van der Waals surface area contributed by atoms with Gasteiger partial charge < -0.3 is 4.74 Å². The predicted molar refractivity (Wildman–Crippen MR) is 106 cm³/mol. The van der Waals surface area contributed by atoms with Crippen LogP contribution in [0, 0.1) is 11.7 Å². The number of thioether (sulfide) groups is 1. The van der Waals surface area contributed by atoms with Crippen LogP contribution in [0.2, 0.25) is 5.02 Å². The van der Waals surface area contributed by atoms with Gasteiger partial charge in [-0.2, -0.15) is 0 Å². The molecule has 0 bridgehead atoms. The third-order valence-corrected chi connectivity index (χ3v) is 5.32. The lowest BCUT2D eigenvalue weighted by Crippen LogP contribution is -2.32. The largest absolute Gasteiger partial charge is 0.468 e. The number of hydrogen-bond donors (Lipinski definition) is 0. The number of carbonyl (C=O) groups excluding carboxylic acids is 1. The Morgan fingerprint density at radius 3 is 2.81 bits per heavy atom. The zero-order chi connectivity index (χ0) is 19.4. The van der Waals surface area contributed by atoms with Gasteiger partial charge in [-0.15, -0.1) is 0 Å². The lowest BCUT2D eigenvalue weighted by Gasteiger charge is -2.27. The van der Waals surface area contributed by atoms with Crippen molar-refractivity contribution in [2.45, 2.75) is 18.7 Å². The maximum Gasteiger partial charge on any atom is 0.316 e. The van der Waals surface area contributed by atoms with Gasteiger partial charge in [0.25, 0.3) is 0 Å².